The molecule has 0 radical (unpaired) electrons. The summed E-state index contributed by atoms with van der Waals surface area (Å²) in [5.74, 6) is 0.601. The third-order valence-corrected chi connectivity index (χ3v) is 4.60. The van der Waals surface area contributed by atoms with Gasteiger partial charge in [-0.25, -0.2) is 4.98 Å². The predicted molar refractivity (Wildman–Crippen MR) is 78.3 cm³/mol. The average Bonchev–Trinajstić information content (AvgIpc) is 2.57. The average molecular weight is 281 g/mol. The number of rotatable bonds is 3. The van der Waals surface area contributed by atoms with Crippen molar-refractivity contribution < 1.29 is 14.0 Å². The van der Waals surface area contributed by atoms with Crippen LogP contribution in [-0.2, 0) is 9.31 Å². The molecule has 0 bridgehead atoms. The number of hydrogen-bond donors (Lipinski definition) is 0. The Morgan fingerprint density at radius 3 is 2.26 bits per heavy atom. The number of ether oxygens (including phenoxy) is 1. The Morgan fingerprint density at radius 1 is 1.21 bits per heavy atom. The zero-order chi connectivity index (χ0) is 14.3. The molecule has 1 saturated heterocycles. The Morgan fingerprint density at radius 2 is 1.79 bits per heavy atom. The summed E-state index contributed by atoms with van der Waals surface area (Å²) in [5.41, 5.74) is 0.271. The maximum absolute atomic E-state index is 6.05. The van der Waals surface area contributed by atoms with Gasteiger partial charge in [-0.3, -0.25) is 0 Å². The highest BCUT2D eigenvalue weighted by molar-refractivity contribution is 7.98. The summed E-state index contributed by atoms with van der Waals surface area (Å²) >= 11 is 1.63. The van der Waals surface area contributed by atoms with Crippen LogP contribution in [0.3, 0.4) is 0 Å². The van der Waals surface area contributed by atoms with Crippen molar-refractivity contribution in [2.24, 2.45) is 0 Å². The van der Waals surface area contributed by atoms with E-state index in [4.69, 9.17) is 14.0 Å². The molecular formula is C13H20BNO3S. The van der Waals surface area contributed by atoms with Crippen LogP contribution in [0.1, 0.15) is 27.7 Å². The number of nitrogens with zero attached hydrogens (tertiary/aromatic N) is 1. The van der Waals surface area contributed by atoms with E-state index < -0.39 is 0 Å². The van der Waals surface area contributed by atoms with Gasteiger partial charge in [0.25, 0.3) is 0 Å². The highest BCUT2D eigenvalue weighted by Crippen LogP contribution is 2.37. The fourth-order valence-electron chi connectivity index (χ4n) is 1.86. The normalized spacial score (nSPS) is 20.6. The first-order chi connectivity index (χ1) is 8.80. The second kappa shape index (κ2) is 5.00. The lowest BCUT2D eigenvalue weighted by Gasteiger charge is -2.32. The van der Waals surface area contributed by atoms with Crippen molar-refractivity contribution in [3.8, 4) is 5.88 Å². The van der Waals surface area contributed by atoms with E-state index in [1.54, 1.807) is 25.1 Å². The fraction of sp³-hybridized carbons (Fsp3) is 0.615. The van der Waals surface area contributed by atoms with Crippen molar-refractivity contribution in [3.63, 3.8) is 0 Å². The topological polar surface area (TPSA) is 40.6 Å². The summed E-state index contributed by atoms with van der Waals surface area (Å²) in [6, 6.07) is 1.91. The molecule has 0 atom stereocenters. The van der Waals surface area contributed by atoms with Crippen molar-refractivity contribution in [3.05, 3.63) is 12.3 Å². The zero-order valence-corrected chi connectivity index (χ0v) is 13.1. The SMILES string of the molecule is COc1cc(SC)c(B2OC(C)(C)C(C)(C)O2)cn1. The van der Waals surface area contributed by atoms with Crippen molar-refractivity contribution >= 4 is 24.3 Å². The molecule has 2 heterocycles. The van der Waals surface area contributed by atoms with Gasteiger partial charge in [0.2, 0.25) is 5.88 Å². The maximum atomic E-state index is 6.05. The number of methoxy groups -OCH3 is 1. The smallest absolute Gasteiger partial charge is 0.481 e. The molecule has 19 heavy (non-hydrogen) atoms. The zero-order valence-electron chi connectivity index (χ0n) is 12.3. The van der Waals surface area contributed by atoms with Crippen LogP contribution in [-0.4, -0.2) is 36.7 Å². The molecule has 0 spiro atoms. The summed E-state index contributed by atoms with van der Waals surface area (Å²) in [7, 11) is 1.23. The lowest BCUT2D eigenvalue weighted by atomic mass is 9.80. The summed E-state index contributed by atoms with van der Waals surface area (Å²) in [5, 5.41) is 0. The number of aromatic nitrogens is 1. The van der Waals surface area contributed by atoms with Gasteiger partial charge in [-0.1, -0.05) is 0 Å². The molecule has 0 saturated carbocycles. The summed E-state index contributed by atoms with van der Waals surface area (Å²) in [6.45, 7) is 8.18. The van der Waals surface area contributed by atoms with Gasteiger partial charge in [-0.05, 0) is 34.0 Å². The molecule has 0 amide bonds. The summed E-state index contributed by atoms with van der Waals surface area (Å²) < 4.78 is 17.2. The first kappa shape index (κ1) is 14.7. The molecule has 1 aliphatic heterocycles. The Balaban J connectivity index is 2.34. The molecule has 0 unspecified atom stereocenters. The second-order valence-corrected chi connectivity index (χ2v) is 6.40. The van der Waals surface area contributed by atoms with Crippen LogP contribution in [0, 0.1) is 0 Å². The van der Waals surface area contributed by atoms with Gasteiger partial charge in [0.1, 0.15) is 0 Å². The molecule has 0 aliphatic carbocycles. The Hall–Kier alpha value is -0.715. The number of thioether (sulfide) groups is 1. The lowest BCUT2D eigenvalue weighted by Crippen LogP contribution is -2.41. The van der Waals surface area contributed by atoms with Crippen molar-refractivity contribution in [2.45, 2.75) is 43.8 Å². The molecular weight excluding hydrogens is 261 g/mol. The standard InChI is InChI=1S/C13H20BNO3S/c1-12(2)13(3,4)18-14(17-12)9-8-15-11(16-5)7-10(9)19-6/h7-8H,1-6H3. The van der Waals surface area contributed by atoms with Gasteiger partial charge >= 0.3 is 7.12 Å². The Kier molecular flexibility index (Phi) is 3.86. The van der Waals surface area contributed by atoms with E-state index in [9.17, 15) is 0 Å². The highest BCUT2D eigenvalue weighted by atomic mass is 32.2. The van der Waals surface area contributed by atoms with E-state index in [0.29, 0.717) is 5.88 Å². The minimum absolute atomic E-state index is 0.340. The molecule has 104 valence electrons. The fourth-order valence-corrected chi connectivity index (χ4v) is 2.47. The Bertz CT molecular complexity index is 463. The highest BCUT2D eigenvalue weighted by Gasteiger charge is 2.52. The van der Waals surface area contributed by atoms with Crippen LogP contribution in [0.2, 0.25) is 0 Å². The molecule has 0 N–H and O–H groups in total. The first-order valence-corrected chi connectivity index (χ1v) is 7.47. The van der Waals surface area contributed by atoms with Crippen molar-refractivity contribution in [1.82, 2.24) is 4.98 Å². The van der Waals surface area contributed by atoms with E-state index in [1.165, 1.54) is 0 Å². The van der Waals surface area contributed by atoms with Crippen LogP contribution < -0.4 is 10.2 Å². The van der Waals surface area contributed by atoms with Gasteiger partial charge in [-0.15, -0.1) is 11.8 Å². The van der Waals surface area contributed by atoms with Crippen molar-refractivity contribution in [2.75, 3.05) is 13.4 Å². The largest absolute Gasteiger partial charge is 0.497 e. The monoisotopic (exact) mass is 281 g/mol. The quantitative estimate of drug-likeness (QED) is 0.627. The molecule has 0 aromatic carbocycles. The minimum Gasteiger partial charge on any atom is -0.481 e. The lowest BCUT2D eigenvalue weighted by molar-refractivity contribution is 0.00578. The molecule has 4 nitrogen and oxygen atoms in total. The van der Waals surface area contributed by atoms with Crippen LogP contribution in [0.5, 0.6) is 5.88 Å². The van der Waals surface area contributed by atoms with Crippen LogP contribution >= 0.6 is 11.8 Å². The first-order valence-electron chi connectivity index (χ1n) is 6.24. The van der Waals surface area contributed by atoms with E-state index >= 15 is 0 Å². The van der Waals surface area contributed by atoms with Crippen LogP contribution in [0.15, 0.2) is 17.2 Å². The molecule has 2 rings (SSSR count). The molecule has 1 aromatic rings. The minimum atomic E-state index is -0.383. The molecule has 1 aliphatic rings. The third-order valence-electron chi connectivity index (χ3n) is 3.81. The van der Waals surface area contributed by atoms with Gasteiger partial charge in [0.05, 0.1) is 18.3 Å². The summed E-state index contributed by atoms with van der Waals surface area (Å²) in [4.78, 5) is 5.31. The van der Waals surface area contributed by atoms with E-state index in [2.05, 4.69) is 4.98 Å². The van der Waals surface area contributed by atoms with E-state index in [-0.39, 0.29) is 18.3 Å². The van der Waals surface area contributed by atoms with Crippen LogP contribution in [0.25, 0.3) is 0 Å². The molecule has 6 heteroatoms. The Labute approximate surface area is 119 Å². The second-order valence-electron chi connectivity index (χ2n) is 5.56. The van der Waals surface area contributed by atoms with E-state index in [1.807, 2.05) is 40.0 Å². The summed E-state index contributed by atoms with van der Waals surface area (Å²) in [6.07, 6.45) is 3.79. The van der Waals surface area contributed by atoms with Gasteiger partial charge < -0.3 is 14.0 Å². The van der Waals surface area contributed by atoms with Gasteiger partial charge in [0.15, 0.2) is 0 Å². The molecule has 1 aromatic heterocycles. The molecule has 1 fully saturated rings. The van der Waals surface area contributed by atoms with E-state index in [0.717, 1.165) is 10.4 Å². The third kappa shape index (κ3) is 2.62. The van der Waals surface area contributed by atoms with Crippen molar-refractivity contribution in [1.29, 1.82) is 0 Å². The van der Waals surface area contributed by atoms with Gasteiger partial charge in [-0.2, -0.15) is 0 Å². The number of hydrogen-bond acceptors (Lipinski definition) is 5. The van der Waals surface area contributed by atoms with Gasteiger partial charge in [0, 0.05) is 22.6 Å². The predicted octanol–water partition coefficient (Wildman–Crippen LogP) is 2.11. The number of pyridine rings is 1. The maximum Gasteiger partial charge on any atom is 0.497 e. The van der Waals surface area contributed by atoms with Crippen LogP contribution in [0.4, 0.5) is 0 Å².